The lowest BCUT2D eigenvalue weighted by Crippen LogP contribution is -3.18. The third-order valence-corrected chi connectivity index (χ3v) is 5.91. The summed E-state index contributed by atoms with van der Waals surface area (Å²) in [5.74, 6) is 0.289. The fourth-order valence-electron chi connectivity index (χ4n) is 4.09. The highest BCUT2D eigenvalue weighted by Gasteiger charge is 2.31. The van der Waals surface area contributed by atoms with Gasteiger partial charge in [-0.1, -0.05) is 18.2 Å². The predicted octanol–water partition coefficient (Wildman–Crippen LogP) is 2.35. The Bertz CT molecular complexity index is 998. The van der Waals surface area contributed by atoms with Crippen LogP contribution in [0.15, 0.2) is 54.7 Å². The number of H-pyrrole nitrogens is 1. The minimum atomic E-state index is -0.0681. The lowest BCUT2D eigenvalue weighted by atomic mass is 10.0. The van der Waals surface area contributed by atoms with Crippen molar-refractivity contribution in [1.29, 1.82) is 0 Å². The topological polar surface area (TPSA) is 57.6 Å². The smallest absolute Gasteiger partial charge is 0.221 e. The molecule has 28 heavy (non-hydrogen) atoms. The molecule has 0 bridgehead atoms. The molecule has 2 N–H and O–H groups in total. The average molecular weight is 376 g/mol. The Hall–Kier alpha value is -2.92. The number of nitrogens with zero attached hydrogens (tertiary/aromatic N) is 1. The monoisotopic (exact) mass is 376 g/mol. The quantitative estimate of drug-likeness (QED) is 0.672. The van der Waals surface area contributed by atoms with Gasteiger partial charge in [0.2, 0.25) is 5.78 Å². The minimum absolute atomic E-state index is 0.0681. The van der Waals surface area contributed by atoms with E-state index < -0.39 is 0 Å². The number of carbonyl (C=O) groups is 2. The maximum Gasteiger partial charge on any atom is 0.221 e. The molecule has 144 valence electrons. The molecule has 5 heteroatoms. The van der Waals surface area contributed by atoms with Crippen LogP contribution in [0.5, 0.6) is 0 Å². The number of hydrogen-bond donors (Lipinski definition) is 2. The Morgan fingerprint density at radius 3 is 2.39 bits per heavy atom. The Labute approximate surface area is 165 Å². The van der Waals surface area contributed by atoms with Crippen molar-refractivity contribution in [2.24, 2.45) is 0 Å². The third kappa shape index (κ3) is 3.45. The highest BCUT2D eigenvalue weighted by molar-refractivity contribution is 6.09. The molecule has 0 unspecified atom stereocenters. The Balaban J connectivity index is 1.41. The van der Waals surface area contributed by atoms with Gasteiger partial charge in [-0.3, -0.25) is 9.59 Å². The maximum atomic E-state index is 13.1. The number of Topliss-reactive ketones (excluding diaryl/α,β-unsaturated/α-hetero) is 2. The van der Waals surface area contributed by atoms with Crippen LogP contribution in [0.4, 0.5) is 5.69 Å². The number of aromatic amines is 1. The molecule has 1 aliphatic rings. The van der Waals surface area contributed by atoms with Gasteiger partial charge in [0.05, 0.1) is 26.2 Å². The van der Waals surface area contributed by atoms with Gasteiger partial charge in [0, 0.05) is 33.9 Å². The van der Waals surface area contributed by atoms with E-state index in [2.05, 4.69) is 9.88 Å². The Kier molecular flexibility index (Phi) is 5.01. The van der Waals surface area contributed by atoms with Gasteiger partial charge in [0.25, 0.3) is 0 Å². The summed E-state index contributed by atoms with van der Waals surface area (Å²) in [6, 6.07) is 15.7. The number of fused-ring (bicyclic) bond motifs is 1. The van der Waals surface area contributed by atoms with Crippen LogP contribution in [0, 0.1) is 0 Å². The van der Waals surface area contributed by atoms with E-state index in [-0.39, 0.29) is 17.6 Å². The van der Waals surface area contributed by atoms with Gasteiger partial charge in [-0.05, 0) is 44.2 Å². The summed E-state index contributed by atoms with van der Waals surface area (Å²) in [6.07, 6.45) is 1.84. The first-order valence-corrected chi connectivity index (χ1v) is 9.85. The summed E-state index contributed by atoms with van der Waals surface area (Å²) in [5.41, 5.74) is 3.68. The van der Waals surface area contributed by atoms with Crippen LogP contribution in [0.3, 0.4) is 0 Å². The molecule has 0 saturated carbocycles. The first kappa shape index (κ1) is 18.4. The molecule has 5 nitrogen and oxygen atoms in total. The first-order valence-electron chi connectivity index (χ1n) is 9.85. The van der Waals surface area contributed by atoms with Crippen LogP contribution in [-0.2, 0) is 0 Å². The summed E-state index contributed by atoms with van der Waals surface area (Å²) in [5, 5.41) is 1.00. The van der Waals surface area contributed by atoms with Crippen molar-refractivity contribution in [3.8, 4) is 0 Å². The zero-order valence-electron chi connectivity index (χ0n) is 16.4. The predicted molar refractivity (Wildman–Crippen MR) is 111 cm³/mol. The first-order chi connectivity index (χ1) is 13.5. The van der Waals surface area contributed by atoms with E-state index in [4.69, 9.17) is 0 Å². The lowest BCUT2D eigenvalue weighted by Gasteiger charge is -2.36. The number of ketones is 2. The molecule has 0 aliphatic carbocycles. The lowest BCUT2D eigenvalue weighted by molar-refractivity contribution is -0.914. The van der Waals surface area contributed by atoms with Gasteiger partial charge < -0.3 is 14.8 Å². The average Bonchev–Trinajstić information content (AvgIpc) is 3.17. The molecule has 0 spiro atoms. The summed E-state index contributed by atoms with van der Waals surface area (Å²) in [4.78, 5) is 31.4. The highest BCUT2D eigenvalue weighted by Crippen LogP contribution is 2.19. The van der Waals surface area contributed by atoms with Crippen LogP contribution < -0.4 is 9.80 Å². The van der Waals surface area contributed by atoms with E-state index in [1.54, 1.807) is 6.92 Å². The maximum absolute atomic E-state index is 13.1. The molecule has 4 rings (SSSR count). The molecule has 1 atom stereocenters. The summed E-state index contributed by atoms with van der Waals surface area (Å²) in [6.45, 7) is 7.27. The van der Waals surface area contributed by atoms with Crippen molar-refractivity contribution >= 4 is 28.2 Å². The standard InChI is InChI=1S/C23H25N3O2/c1-16(23(28)21-15-24-22-6-4-3-5-20(21)22)25-11-13-26(14-12-25)19-9-7-18(8-10-19)17(2)27/h3-10,15-16,24H,11-14H2,1-2H3/p+1/t16-/m1/s1. The van der Waals surface area contributed by atoms with Crippen LogP contribution in [0.1, 0.15) is 34.6 Å². The highest BCUT2D eigenvalue weighted by atomic mass is 16.1. The molecule has 0 radical (unpaired) electrons. The Morgan fingerprint density at radius 1 is 1.04 bits per heavy atom. The second kappa shape index (κ2) is 7.60. The van der Waals surface area contributed by atoms with Crippen molar-refractivity contribution < 1.29 is 14.5 Å². The van der Waals surface area contributed by atoms with Crippen molar-refractivity contribution in [2.45, 2.75) is 19.9 Å². The number of hydrogen-bond acceptors (Lipinski definition) is 3. The summed E-state index contributed by atoms with van der Waals surface area (Å²) >= 11 is 0. The van der Waals surface area contributed by atoms with Gasteiger partial charge in [-0.25, -0.2) is 0 Å². The van der Waals surface area contributed by atoms with Crippen LogP contribution in [-0.4, -0.2) is 48.8 Å². The van der Waals surface area contributed by atoms with E-state index in [1.165, 1.54) is 4.90 Å². The van der Waals surface area contributed by atoms with E-state index >= 15 is 0 Å². The molecule has 1 aromatic heterocycles. The molecular weight excluding hydrogens is 350 g/mol. The molecule has 1 fully saturated rings. The van der Waals surface area contributed by atoms with Gasteiger partial charge in [0.1, 0.15) is 6.04 Å². The second-order valence-corrected chi connectivity index (χ2v) is 7.58. The van der Waals surface area contributed by atoms with E-state index in [0.29, 0.717) is 0 Å². The number of carbonyl (C=O) groups excluding carboxylic acids is 2. The fourth-order valence-corrected chi connectivity index (χ4v) is 4.09. The zero-order chi connectivity index (χ0) is 19.7. The minimum Gasteiger partial charge on any atom is -0.360 e. The second-order valence-electron chi connectivity index (χ2n) is 7.58. The third-order valence-electron chi connectivity index (χ3n) is 5.91. The van der Waals surface area contributed by atoms with Crippen molar-refractivity contribution in [1.82, 2.24) is 4.98 Å². The van der Waals surface area contributed by atoms with Gasteiger partial charge in [0.15, 0.2) is 5.78 Å². The summed E-state index contributed by atoms with van der Waals surface area (Å²) in [7, 11) is 0. The number of aromatic nitrogens is 1. The fraction of sp³-hybridized carbons (Fsp3) is 0.304. The molecular formula is C23H26N3O2+. The van der Waals surface area contributed by atoms with Crippen LogP contribution in [0.25, 0.3) is 10.9 Å². The Morgan fingerprint density at radius 2 is 1.71 bits per heavy atom. The molecule has 1 aliphatic heterocycles. The number of anilines is 1. The number of nitrogens with one attached hydrogen (secondary N) is 2. The zero-order valence-corrected chi connectivity index (χ0v) is 16.4. The molecule has 0 amide bonds. The molecule has 1 saturated heterocycles. The van der Waals surface area contributed by atoms with Gasteiger partial charge >= 0.3 is 0 Å². The number of quaternary nitrogens is 1. The van der Waals surface area contributed by atoms with Gasteiger partial charge in [-0.2, -0.15) is 0 Å². The number of para-hydroxylation sites is 1. The van der Waals surface area contributed by atoms with Gasteiger partial charge in [-0.15, -0.1) is 0 Å². The normalized spacial score (nSPS) is 16.3. The van der Waals surface area contributed by atoms with Crippen molar-refractivity contribution in [3.05, 3.63) is 65.9 Å². The molecule has 2 aromatic carbocycles. The molecule has 3 aromatic rings. The number of rotatable bonds is 5. The van der Waals surface area contributed by atoms with E-state index in [0.717, 1.165) is 53.9 Å². The van der Waals surface area contributed by atoms with Crippen molar-refractivity contribution in [3.63, 3.8) is 0 Å². The van der Waals surface area contributed by atoms with E-state index in [9.17, 15) is 9.59 Å². The van der Waals surface area contributed by atoms with Crippen molar-refractivity contribution in [2.75, 3.05) is 31.1 Å². The number of piperazine rings is 1. The van der Waals surface area contributed by atoms with Crippen LogP contribution in [0.2, 0.25) is 0 Å². The molecule has 2 heterocycles. The SMILES string of the molecule is CC(=O)c1ccc(N2CC[NH+]([C@H](C)C(=O)c3c[nH]c4ccccc34)CC2)cc1. The largest absolute Gasteiger partial charge is 0.360 e. The number of benzene rings is 2. The van der Waals surface area contributed by atoms with E-state index in [1.807, 2.05) is 61.7 Å². The van der Waals surface area contributed by atoms with Crippen LogP contribution >= 0.6 is 0 Å². The summed E-state index contributed by atoms with van der Waals surface area (Å²) < 4.78 is 0.